The number of nitrogens with zero attached hydrogens (tertiary/aromatic N) is 4. The molecule has 5 amide bonds. The fraction of sp³-hybridized carbons (Fsp3) is 0.442. The lowest BCUT2D eigenvalue weighted by atomic mass is 9.49. The molecule has 57 heavy (non-hydrogen) atoms. The van der Waals surface area contributed by atoms with E-state index < -0.39 is 35.5 Å². The number of carbonyl (C=O) groups excluding carboxylic acids is 5. The molecule has 14 heteroatoms. The first-order valence-electron chi connectivity index (χ1n) is 19.4. The van der Waals surface area contributed by atoms with E-state index in [1.165, 1.54) is 12.1 Å². The molecule has 3 heterocycles. The number of amides is 5. The van der Waals surface area contributed by atoms with Gasteiger partial charge in [-0.05, 0) is 74.2 Å². The van der Waals surface area contributed by atoms with Crippen molar-refractivity contribution in [3.63, 3.8) is 0 Å². The third-order valence-electron chi connectivity index (χ3n) is 12.1. The normalized spacial score (nSPS) is 22.7. The maximum absolute atomic E-state index is 15.4. The second-order valence-corrected chi connectivity index (χ2v) is 17.0. The summed E-state index contributed by atoms with van der Waals surface area (Å²) < 4.78 is 21.7. The zero-order valence-electron chi connectivity index (χ0n) is 32.5. The van der Waals surface area contributed by atoms with E-state index in [2.05, 4.69) is 49.3 Å². The average Bonchev–Trinajstić information content (AvgIpc) is 3.43. The second kappa shape index (κ2) is 15.6. The first kappa shape index (κ1) is 39.9. The van der Waals surface area contributed by atoms with Gasteiger partial charge in [-0.15, -0.1) is 0 Å². The zero-order chi connectivity index (χ0) is 40.8. The van der Waals surface area contributed by atoms with Crippen LogP contribution in [0.3, 0.4) is 0 Å². The number of imide groups is 2. The molecule has 2 saturated heterocycles. The van der Waals surface area contributed by atoms with Crippen molar-refractivity contribution >= 4 is 46.8 Å². The Morgan fingerprint density at radius 2 is 1.67 bits per heavy atom. The fourth-order valence-electron chi connectivity index (χ4n) is 9.32. The molecule has 2 N–H and O–H groups in total. The number of halogens is 2. The van der Waals surface area contributed by atoms with Gasteiger partial charge in [0.25, 0.3) is 17.7 Å². The zero-order valence-corrected chi connectivity index (χ0v) is 33.2. The molecule has 3 aromatic carbocycles. The number of anilines is 1. The van der Waals surface area contributed by atoms with Gasteiger partial charge in [0.05, 0.1) is 27.4 Å². The number of nitrogens with one attached hydrogen (secondary N) is 2. The van der Waals surface area contributed by atoms with Crippen molar-refractivity contribution < 1.29 is 33.1 Å². The molecule has 3 aliphatic heterocycles. The summed E-state index contributed by atoms with van der Waals surface area (Å²) in [4.78, 5) is 69.3. The Kier molecular flexibility index (Phi) is 10.9. The molecule has 4 aliphatic rings. The predicted molar refractivity (Wildman–Crippen MR) is 211 cm³/mol. The number of rotatable bonds is 11. The summed E-state index contributed by atoms with van der Waals surface area (Å²) >= 11 is 6.23. The van der Waals surface area contributed by atoms with E-state index in [1.807, 2.05) is 24.3 Å². The number of unbranched alkanes of at least 4 members (excludes halogenated alkanes) is 1. The minimum atomic E-state index is -1.11. The lowest BCUT2D eigenvalue weighted by Crippen LogP contribution is -2.74. The van der Waals surface area contributed by atoms with E-state index >= 15 is 4.39 Å². The molecule has 298 valence electrons. The average molecular weight is 797 g/mol. The third-order valence-corrected chi connectivity index (χ3v) is 12.4. The van der Waals surface area contributed by atoms with Gasteiger partial charge in [0.2, 0.25) is 11.8 Å². The predicted octanol–water partition coefficient (Wildman–Crippen LogP) is 5.51. The molecular weight excluding hydrogens is 751 g/mol. The fourth-order valence-corrected chi connectivity index (χ4v) is 9.53. The van der Waals surface area contributed by atoms with Crippen LogP contribution in [0.1, 0.15) is 95.6 Å². The van der Waals surface area contributed by atoms with E-state index in [0.717, 1.165) is 36.3 Å². The summed E-state index contributed by atoms with van der Waals surface area (Å²) in [5.74, 6) is -2.69. The van der Waals surface area contributed by atoms with Crippen LogP contribution in [0, 0.1) is 28.0 Å². The number of piperazine rings is 1. The molecule has 1 unspecified atom stereocenters. The summed E-state index contributed by atoms with van der Waals surface area (Å²) in [6.07, 6.45) is 2.57. The lowest BCUT2D eigenvalue weighted by molar-refractivity contribution is -0.164. The van der Waals surface area contributed by atoms with Gasteiger partial charge in [-0.25, -0.2) is 4.39 Å². The maximum Gasteiger partial charge on any atom is 0.264 e. The summed E-state index contributed by atoms with van der Waals surface area (Å²) in [7, 11) is 0. The quantitative estimate of drug-likeness (QED) is 0.189. The molecule has 1 atom stereocenters. The van der Waals surface area contributed by atoms with Crippen LogP contribution in [-0.2, 0) is 16.0 Å². The monoisotopic (exact) mass is 796 g/mol. The van der Waals surface area contributed by atoms with Gasteiger partial charge in [0.15, 0.2) is 0 Å². The highest BCUT2D eigenvalue weighted by molar-refractivity contribution is 6.31. The molecule has 1 aliphatic carbocycles. The number of piperidine rings is 1. The first-order chi connectivity index (χ1) is 27.1. The van der Waals surface area contributed by atoms with Crippen molar-refractivity contribution in [2.45, 2.75) is 78.0 Å². The van der Waals surface area contributed by atoms with Crippen LogP contribution >= 0.6 is 11.6 Å². The van der Waals surface area contributed by atoms with Gasteiger partial charge in [0, 0.05) is 61.1 Å². The number of aryl methyl sites for hydroxylation is 1. The molecule has 0 aromatic heterocycles. The molecule has 12 nitrogen and oxygen atoms in total. The van der Waals surface area contributed by atoms with Gasteiger partial charge in [-0.3, -0.25) is 39.1 Å². The van der Waals surface area contributed by atoms with Crippen molar-refractivity contribution in [2.75, 3.05) is 37.6 Å². The Balaban J connectivity index is 0.869. The SMILES string of the molecule is CC1(C)C(NC(=O)c2ccc(CCCCN3CCN(c4c(F)ccc5c4C(=O)N(C4CCC(=O)NC4=O)C5=O)CC3)cc2)C(C)(C)C1Oc1ccc(C#N)c(Cl)c1. The second-order valence-electron chi connectivity index (χ2n) is 16.5. The summed E-state index contributed by atoms with van der Waals surface area (Å²) in [6, 6.07) is 16.0. The largest absolute Gasteiger partial charge is 0.489 e. The molecule has 3 aromatic rings. The highest BCUT2D eigenvalue weighted by Crippen LogP contribution is 2.55. The molecule has 0 spiro atoms. The van der Waals surface area contributed by atoms with Gasteiger partial charge in [-0.1, -0.05) is 51.4 Å². The van der Waals surface area contributed by atoms with E-state index in [1.54, 1.807) is 23.1 Å². The van der Waals surface area contributed by atoms with Crippen LogP contribution in [0.15, 0.2) is 54.6 Å². The summed E-state index contributed by atoms with van der Waals surface area (Å²) in [5, 5.41) is 15.0. The van der Waals surface area contributed by atoms with Crippen LogP contribution in [0.4, 0.5) is 10.1 Å². The van der Waals surface area contributed by atoms with Gasteiger partial charge < -0.3 is 15.0 Å². The Morgan fingerprint density at radius 1 is 0.965 bits per heavy atom. The molecule has 7 rings (SSSR count). The van der Waals surface area contributed by atoms with Gasteiger partial charge in [-0.2, -0.15) is 5.26 Å². The lowest BCUT2D eigenvalue weighted by Gasteiger charge is -2.63. The highest BCUT2D eigenvalue weighted by Gasteiger charge is 2.64. The molecular formula is C43H46ClFN6O6. The maximum atomic E-state index is 15.4. The summed E-state index contributed by atoms with van der Waals surface area (Å²) in [5.41, 5.74) is 1.49. The van der Waals surface area contributed by atoms with E-state index in [0.29, 0.717) is 48.1 Å². The minimum absolute atomic E-state index is 0.00913. The first-order valence-corrected chi connectivity index (χ1v) is 19.8. The van der Waals surface area contributed by atoms with Crippen LogP contribution in [0.25, 0.3) is 0 Å². The Morgan fingerprint density at radius 3 is 2.32 bits per heavy atom. The van der Waals surface area contributed by atoms with Crippen molar-refractivity contribution in [3.8, 4) is 11.8 Å². The molecule has 1 saturated carbocycles. The van der Waals surface area contributed by atoms with Gasteiger partial charge in [0.1, 0.15) is 29.8 Å². The Labute approximate surface area is 336 Å². The van der Waals surface area contributed by atoms with E-state index in [4.69, 9.17) is 16.3 Å². The van der Waals surface area contributed by atoms with Crippen molar-refractivity contribution in [1.29, 1.82) is 5.26 Å². The molecule has 0 bridgehead atoms. The van der Waals surface area contributed by atoms with Crippen LogP contribution in [0.2, 0.25) is 5.02 Å². The third kappa shape index (κ3) is 7.48. The number of hydrogen-bond donors (Lipinski definition) is 2. The number of hydrogen-bond acceptors (Lipinski definition) is 9. The van der Waals surface area contributed by atoms with E-state index in [-0.39, 0.29) is 58.5 Å². The Hall–Kier alpha value is -5.32. The highest BCUT2D eigenvalue weighted by atomic mass is 35.5. The van der Waals surface area contributed by atoms with E-state index in [9.17, 15) is 29.2 Å². The molecule has 3 fully saturated rings. The van der Waals surface area contributed by atoms with Crippen LogP contribution in [0.5, 0.6) is 5.75 Å². The van der Waals surface area contributed by atoms with Crippen LogP contribution < -0.4 is 20.3 Å². The number of benzene rings is 3. The van der Waals surface area contributed by atoms with Crippen molar-refractivity contribution in [2.24, 2.45) is 10.8 Å². The number of fused-ring (bicyclic) bond motifs is 1. The topological polar surface area (TPSA) is 152 Å². The smallest absolute Gasteiger partial charge is 0.264 e. The number of carbonyl (C=O) groups is 5. The molecule has 0 radical (unpaired) electrons. The summed E-state index contributed by atoms with van der Waals surface area (Å²) in [6.45, 7) is 11.4. The number of ether oxygens (including phenoxy) is 1. The number of nitriles is 1. The van der Waals surface area contributed by atoms with Crippen LogP contribution in [-0.4, -0.2) is 90.2 Å². The van der Waals surface area contributed by atoms with Gasteiger partial charge >= 0.3 is 0 Å². The minimum Gasteiger partial charge on any atom is -0.489 e. The van der Waals surface area contributed by atoms with Crippen molar-refractivity contribution in [3.05, 3.63) is 93.3 Å². The standard InChI is InChI=1S/C43H46ClFN6O6/c1-42(2)40(43(3,4)41(42)57-28-13-12-27(24-46)30(44)23-28)48-36(53)26-10-8-25(9-11-26)7-5-6-18-49-19-21-50(22-20-49)35-31(45)15-14-29-34(35)39(56)51(38(29)55)32-16-17-33(52)47-37(32)54/h8-15,23,32,40-41H,5-7,16-22H2,1-4H3,(H,48,53)(H,47,52,54). The Bertz CT molecular complexity index is 2160. The van der Waals surface area contributed by atoms with Crippen molar-refractivity contribution in [1.82, 2.24) is 20.4 Å².